The number of nitrogens with one attached hydrogen (secondary N) is 1. The number of hydrogen-bond donors (Lipinski definition) is 3. The lowest BCUT2D eigenvalue weighted by atomic mass is 9.72. The van der Waals surface area contributed by atoms with Crippen LogP contribution in [0, 0.1) is 5.82 Å². The molecule has 5 N–H and O–H groups in total. The zero-order chi connectivity index (χ0) is 28.1. The third-order valence-corrected chi connectivity index (χ3v) is 7.52. The molecule has 1 fully saturated rings. The Bertz CT molecular complexity index is 1490. The van der Waals surface area contributed by atoms with Gasteiger partial charge in [0.05, 0.1) is 32.0 Å². The maximum Gasteiger partial charge on any atom is 0.196 e. The number of halogens is 1. The first kappa shape index (κ1) is 27.1. The van der Waals surface area contributed by atoms with Crippen LogP contribution in [-0.2, 0) is 12.0 Å². The molecule has 5 rings (SSSR count). The Balaban J connectivity index is 1.31. The molecule has 4 aromatic rings. The van der Waals surface area contributed by atoms with Crippen LogP contribution < -0.4 is 26.3 Å². The van der Waals surface area contributed by atoms with Gasteiger partial charge in [0.15, 0.2) is 17.5 Å². The molecule has 1 aliphatic rings. The molecule has 9 nitrogen and oxygen atoms in total. The number of nitrogens with zero attached hydrogens (tertiary/aromatic N) is 4. The lowest BCUT2D eigenvalue weighted by Gasteiger charge is -2.43. The van der Waals surface area contributed by atoms with Crippen LogP contribution in [0.25, 0.3) is 10.9 Å². The number of ether oxygens (including phenoxy) is 2. The van der Waals surface area contributed by atoms with Crippen LogP contribution in [0.4, 0.5) is 15.9 Å². The van der Waals surface area contributed by atoms with E-state index in [-0.39, 0.29) is 11.2 Å². The number of hydrogen-bond acceptors (Lipinski definition) is 7. The number of benzene rings is 3. The molecule has 1 aliphatic heterocycles. The summed E-state index contributed by atoms with van der Waals surface area (Å²) in [5, 5.41) is 4.31. The van der Waals surface area contributed by atoms with Crippen LogP contribution in [0.5, 0.6) is 11.5 Å². The highest BCUT2D eigenvalue weighted by Gasteiger charge is 2.36. The number of rotatable bonds is 8. The summed E-state index contributed by atoms with van der Waals surface area (Å²) in [6.07, 6.45) is 1.75. The molecule has 0 spiro atoms. The second-order valence-electron chi connectivity index (χ2n) is 9.93. The van der Waals surface area contributed by atoms with Crippen molar-refractivity contribution in [3.63, 3.8) is 0 Å². The third kappa shape index (κ3) is 5.76. The van der Waals surface area contributed by atoms with E-state index in [9.17, 15) is 4.39 Å². The number of likely N-dealkylation sites (tertiary alicyclic amines) is 1. The second-order valence-corrected chi connectivity index (χ2v) is 9.93. The van der Waals surface area contributed by atoms with Crippen molar-refractivity contribution in [2.24, 2.45) is 10.7 Å². The molecule has 0 unspecified atom stereocenters. The minimum atomic E-state index is -0.299. The Kier molecular flexibility index (Phi) is 7.97. The Labute approximate surface area is 233 Å². The van der Waals surface area contributed by atoms with E-state index in [1.807, 2.05) is 12.1 Å². The normalized spacial score (nSPS) is 15.3. The van der Waals surface area contributed by atoms with E-state index in [2.05, 4.69) is 44.5 Å². The number of methoxy groups -OCH3 is 2. The fourth-order valence-electron chi connectivity index (χ4n) is 5.26. The number of nitrogen functional groups attached to an aromatic ring is 1. The molecule has 0 amide bonds. The molecule has 0 aliphatic carbocycles. The minimum absolute atomic E-state index is 0.104. The molecule has 2 heterocycles. The average Bonchev–Trinajstić information content (AvgIpc) is 2.98. The number of fused-ring (bicyclic) bond motifs is 1. The van der Waals surface area contributed by atoms with E-state index < -0.39 is 0 Å². The van der Waals surface area contributed by atoms with E-state index in [4.69, 9.17) is 25.9 Å². The minimum Gasteiger partial charge on any atom is -0.493 e. The van der Waals surface area contributed by atoms with Crippen LogP contribution >= 0.6 is 0 Å². The molecule has 0 atom stereocenters. The summed E-state index contributed by atoms with van der Waals surface area (Å²) in [6, 6.07) is 20.2. The van der Waals surface area contributed by atoms with Crippen LogP contribution in [0.3, 0.4) is 0 Å². The molecule has 1 saturated heterocycles. The summed E-state index contributed by atoms with van der Waals surface area (Å²) >= 11 is 0. The van der Waals surface area contributed by atoms with E-state index in [0.717, 1.165) is 37.9 Å². The number of nitrogens with two attached hydrogens (primary N) is 2. The molecule has 208 valence electrons. The van der Waals surface area contributed by atoms with Gasteiger partial charge in [-0.3, -0.25) is 0 Å². The van der Waals surface area contributed by atoms with E-state index >= 15 is 0 Å². The predicted octanol–water partition coefficient (Wildman–Crippen LogP) is 4.14. The molecule has 40 heavy (non-hydrogen) atoms. The Hall–Kier alpha value is -4.44. The second kappa shape index (κ2) is 11.7. The monoisotopic (exact) mass is 543 g/mol. The molecule has 0 saturated carbocycles. The Morgan fingerprint density at radius 3 is 2.35 bits per heavy atom. The van der Waals surface area contributed by atoms with Crippen LogP contribution in [0.2, 0.25) is 0 Å². The van der Waals surface area contributed by atoms with Gasteiger partial charge in [0.2, 0.25) is 0 Å². The van der Waals surface area contributed by atoms with Gasteiger partial charge in [-0.1, -0.05) is 30.3 Å². The summed E-state index contributed by atoms with van der Waals surface area (Å²) < 4.78 is 24.1. The fraction of sp³-hybridized carbons (Fsp3) is 0.300. The fourth-order valence-corrected chi connectivity index (χ4v) is 5.26. The molecule has 10 heteroatoms. The number of guanidine groups is 1. The summed E-state index contributed by atoms with van der Waals surface area (Å²) in [6.45, 7) is 2.68. The van der Waals surface area contributed by atoms with Gasteiger partial charge in [-0.25, -0.2) is 19.4 Å². The highest BCUT2D eigenvalue weighted by Crippen LogP contribution is 2.36. The van der Waals surface area contributed by atoms with Crippen LogP contribution in [-0.4, -0.2) is 54.7 Å². The molecule has 1 aromatic heterocycles. The van der Waals surface area contributed by atoms with Gasteiger partial charge in [0.25, 0.3) is 0 Å². The first-order chi connectivity index (χ1) is 19.4. The highest BCUT2D eigenvalue weighted by atomic mass is 19.1. The van der Waals surface area contributed by atoms with Gasteiger partial charge < -0.3 is 31.2 Å². The molecule has 3 aromatic carbocycles. The van der Waals surface area contributed by atoms with Gasteiger partial charge in [-0.2, -0.15) is 0 Å². The van der Waals surface area contributed by atoms with E-state index in [1.54, 1.807) is 32.4 Å². The number of aliphatic imine (C=N–C) groups is 1. The van der Waals surface area contributed by atoms with Crippen molar-refractivity contribution in [2.45, 2.75) is 24.8 Å². The van der Waals surface area contributed by atoms with Gasteiger partial charge in [0, 0.05) is 36.5 Å². The van der Waals surface area contributed by atoms with Crippen molar-refractivity contribution < 1.29 is 13.9 Å². The molecular formula is C30H34FN7O2. The van der Waals surface area contributed by atoms with Gasteiger partial charge in [0.1, 0.15) is 17.5 Å². The highest BCUT2D eigenvalue weighted by molar-refractivity contribution is 5.90. The predicted molar refractivity (Wildman–Crippen MR) is 155 cm³/mol. The van der Waals surface area contributed by atoms with Crippen molar-refractivity contribution in [1.82, 2.24) is 20.2 Å². The number of anilines is 1. The van der Waals surface area contributed by atoms with Crippen molar-refractivity contribution >= 4 is 28.4 Å². The smallest absolute Gasteiger partial charge is 0.196 e. The summed E-state index contributed by atoms with van der Waals surface area (Å²) in [5.41, 5.74) is 15.1. The summed E-state index contributed by atoms with van der Waals surface area (Å²) in [4.78, 5) is 15.8. The average molecular weight is 544 g/mol. The summed E-state index contributed by atoms with van der Waals surface area (Å²) in [5.74, 6) is 2.30. The van der Waals surface area contributed by atoms with E-state index in [0.29, 0.717) is 46.8 Å². The van der Waals surface area contributed by atoms with Crippen molar-refractivity contribution in [3.8, 4) is 11.5 Å². The number of piperidine rings is 1. The maximum absolute atomic E-state index is 13.3. The van der Waals surface area contributed by atoms with Gasteiger partial charge in [-0.05, 0) is 48.7 Å². The Morgan fingerprint density at radius 1 is 1.00 bits per heavy atom. The first-order valence-electron chi connectivity index (χ1n) is 13.2. The van der Waals surface area contributed by atoms with Crippen molar-refractivity contribution in [2.75, 3.05) is 39.6 Å². The Morgan fingerprint density at radius 2 is 1.68 bits per heavy atom. The lowest BCUT2D eigenvalue weighted by Crippen LogP contribution is -2.51. The first-order valence-corrected chi connectivity index (χ1v) is 13.2. The SMILES string of the molecule is COc1cc2nc(CNCC3(c4ccccc4)CCN(C(N)=Nc4ccc(F)cc4)CC3)nc(N)c2cc1OC. The van der Waals surface area contributed by atoms with E-state index in [1.165, 1.54) is 17.7 Å². The molecule has 0 radical (unpaired) electrons. The van der Waals surface area contributed by atoms with Crippen molar-refractivity contribution in [1.29, 1.82) is 0 Å². The lowest BCUT2D eigenvalue weighted by molar-refractivity contribution is 0.216. The topological polar surface area (TPSA) is 124 Å². The maximum atomic E-state index is 13.3. The third-order valence-electron chi connectivity index (χ3n) is 7.52. The molecular weight excluding hydrogens is 509 g/mol. The quantitative estimate of drug-likeness (QED) is 0.224. The zero-order valence-corrected chi connectivity index (χ0v) is 22.7. The van der Waals surface area contributed by atoms with Gasteiger partial charge >= 0.3 is 0 Å². The summed E-state index contributed by atoms with van der Waals surface area (Å²) in [7, 11) is 3.17. The van der Waals surface area contributed by atoms with Crippen LogP contribution in [0.1, 0.15) is 24.2 Å². The standard InChI is InChI=1S/C30H34FN7O2/c1-39-25-16-23-24(17-26(25)40-2)36-27(37-28(23)32)18-34-19-30(20-6-4-3-5-7-20)12-14-38(15-13-30)29(33)35-22-10-8-21(31)9-11-22/h3-11,16-17,34H,12-15,18-19H2,1-2H3,(H2,33,35)(H2,32,36,37). The molecule has 0 bridgehead atoms. The number of aromatic nitrogens is 2. The van der Waals surface area contributed by atoms with Crippen LogP contribution in [0.15, 0.2) is 71.7 Å². The zero-order valence-electron chi connectivity index (χ0n) is 22.7. The largest absolute Gasteiger partial charge is 0.493 e. The van der Waals surface area contributed by atoms with Crippen molar-refractivity contribution in [3.05, 3.63) is 83.9 Å². The van der Waals surface area contributed by atoms with Gasteiger partial charge in [-0.15, -0.1) is 0 Å².